The third-order valence-electron chi connectivity index (χ3n) is 0. The fourth-order valence-electron chi connectivity index (χ4n) is 0. The van der Waals surface area contributed by atoms with Gasteiger partial charge in [0.2, 0.25) is 0 Å². The minimum absolute atomic E-state index is 0. The largest absolute Gasteiger partial charge is 3.00 e. The second-order valence-electron chi connectivity index (χ2n) is 2.25. The minimum atomic E-state index is -0.250. The smallest absolute Gasteiger partial charge is 1.00 e. The monoisotopic (exact) mass is 190 g/mol. The Labute approximate surface area is 78.5 Å². The van der Waals surface area contributed by atoms with Crippen LogP contribution < -0.4 is 24.8 Å². The normalized spacial score (nSPS) is 7.50. The zero-order chi connectivity index (χ0) is 4.50. The summed E-state index contributed by atoms with van der Waals surface area (Å²) in [5, 5.41) is 0. The fraction of sp³-hybridized carbons (Fsp3) is 1.00. The standard InChI is InChI=1S/C4H10N.2ClH.Ti/c1-4(2,3)5;;;/h5H,1-3H3;2*1H;/q-1;;;+3/p-2. The molecule has 0 aromatic heterocycles. The Morgan fingerprint density at radius 3 is 1.00 bits per heavy atom. The van der Waals surface area contributed by atoms with Gasteiger partial charge in [-0.15, -0.1) is 5.54 Å². The molecule has 0 heterocycles. The van der Waals surface area contributed by atoms with E-state index in [1.807, 2.05) is 20.8 Å². The predicted octanol–water partition coefficient (Wildman–Crippen LogP) is -4.16. The van der Waals surface area contributed by atoms with E-state index in [0.29, 0.717) is 0 Å². The maximum absolute atomic E-state index is 6.94. The van der Waals surface area contributed by atoms with Crippen LogP contribution in [0.1, 0.15) is 20.8 Å². The fourth-order valence-corrected chi connectivity index (χ4v) is 0. The molecule has 1 N–H and O–H groups in total. The molecule has 0 saturated heterocycles. The maximum Gasteiger partial charge on any atom is 3.00 e. The van der Waals surface area contributed by atoms with Crippen molar-refractivity contribution in [3.8, 4) is 0 Å². The van der Waals surface area contributed by atoms with Gasteiger partial charge in [0.1, 0.15) is 0 Å². The van der Waals surface area contributed by atoms with E-state index in [4.69, 9.17) is 5.73 Å². The molecule has 0 aliphatic heterocycles. The molecule has 49 valence electrons. The van der Waals surface area contributed by atoms with Crippen LogP contribution in [0.4, 0.5) is 0 Å². The molecular formula is C4H10Cl2NTi. The summed E-state index contributed by atoms with van der Waals surface area (Å²) in [6, 6.07) is 0. The number of nitrogens with one attached hydrogen (secondary N) is 1. The SMILES string of the molecule is CC(C)(C)[NH-].[Cl-].[Cl-].[Ti+3]. The Morgan fingerprint density at radius 1 is 1.00 bits per heavy atom. The molecule has 4 heteroatoms. The van der Waals surface area contributed by atoms with Crippen molar-refractivity contribution in [2.75, 3.05) is 0 Å². The Balaban J connectivity index is -0.0000000267. The average molecular weight is 191 g/mol. The van der Waals surface area contributed by atoms with Crippen LogP contribution in [0.3, 0.4) is 0 Å². The van der Waals surface area contributed by atoms with E-state index in [2.05, 4.69) is 0 Å². The topological polar surface area (TPSA) is 23.8 Å². The average Bonchev–Trinajstić information content (AvgIpc) is 0.722. The van der Waals surface area contributed by atoms with Crippen molar-refractivity contribution in [3.05, 3.63) is 5.73 Å². The van der Waals surface area contributed by atoms with E-state index in [1.165, 1.54) is 0 Å². The van der Waals surface area contributed by atoms with Gasteiger partial charge in [-0.1, -0.05) is 20.8 Å². The summed E-state index contributed by atoms with van der Waals surface area (Å²) in [6.07, 6.45) is 0. The molecule has 1 nitrogen and oxygen atoms in total. The minimum Gasteiger partial charge on any atom is -1.00 e. The van der Waals surface area contributed by atoms with Gasteiger partial charge in [0.15, 0.2) is 0 Å². The summed E-state index contributed by atoms with van der Waals surface area (Å²) in [6.45, 7) is 5.56. The van der Waals surface area contributed by atoms with Crippen molar-refractivity contribution >= 4 is 0 Å². The van der Waals surface area contributed by atoms with Crippen LogP contribution in [0.2, 0.25) is 0 Å². The Kier molecular flexibility index (Phi) is 23.6. The van der Waals surface area contributed by atoms with Crippen molar-refractivity contribution < 1.29 is 46.5 Å². The molecule has 0 unspecified atom stereocenters. The van der Waals surface area contributed by atoms with Crippen LogP contribution in [0.15, 0.2) is 0 Å². The van der Waals surface area contributed by atoms with Gasteiger partial charge < -0.3 is 30.5 Å². The zero-order valence-electron chi connectivity index (χ0n) is 5.26. The molecule has 0 spiro atoms. The van der Waals surface area contributed by atoms with E-state index in [1.54, 1.807) is 0 Å². The van der Waals surface area contributed by atoms with Crippen LogP contribution in [0, 0.1) is 0 Å². The molecule has 0 bridgehead atoms. The molecule has 0 aliphatic rings. The van der Waals surface area contributed by atoms with Gasteiger partial charge in [0.05, 0.1) is 0 Å². The Hall–Kier alpha value is 1.25. The van der Waals surface area contributed by atoms with Gasteiger partial charge in [-0.2, -0.15) is 0 Å². The summed E-state index contributed by atoms with van der Waals surface area (Å²) in [5.74, 6) is 0. The molecule has 0 aromatic rings. The summed E-state index contributed by atoms with van der Waals surface area (Å²) < 4.78 is 0. The predicted molar refractivity (Wildman–Crippen MR) is 24.1 cm³/mol. The van der Waals surface area contributed by atoms with Gasteiger partial charge in [-0.05, 0) is 0 Å². The Bertz CT molecular complexity index is 29.5. The number of rotatable bonds is 0. The van der Waals surface area contributed by atoms with Gasteiger partial charge in [0, 0.05) is 0 Å². The first-order valence-electron chi connectivity index (χ1n) is 1.75. The molecule has 0 fully saturated rings. The molecule has 0 atom stereocenters. The van der Waals surface area contributed by atoms with Crippen LogP contribution in [-0.4, -0.2) is 5.54 Å². The van der Waals surface area contributed by atoms with Crippen molar-refractivity contribution in [2.45, 2.75) is 26.3 Å². The molecule has 1 radical (unpaired) electrons. The molecule has 0 rings (SSSR count). The first-order valence-corrected chi connectivity index (χ1v) is 1.75. The van der Waals surface area contributed by atoms with E-state index >= 15 is 0 Å². The first kappa shape index (κ1) is 22.8. The second kappa shape index (κ2) is 8.25. The molecule has 8 heavy (non-hydrogen) atoms. The quantitative estimate of drug-likeness (QED) is 0.347. The molecular weight excluding hydrogens is 181 g/mol. The molecule has 0 saturated carbocycles. The first-order chi connectivity index (χ1) is 2.00. The zero-order valence-corrected chi connectivity index (χ0v) is 8.33. The van der Waals surface area contributed by atoms with E-state index in [-0.39, 0.29) is 52.1 Å². The van der Waals surface area contributed by atoms with E-state index in [0.717, 1.165) is 0 Å². The molecule has 0 aliphatic carbocycles. The number of hydrogen-bond acceptors (Lipinski definition) is 0. The Morgan fingerprint density at radius 2 is 1.00 bits per heavy atom. The van der Waals surface area contributed by atoms with Gasteiger partial charge in [-0.25, -0.2) is 0 Å². The van der Waals surface area contributed by atoms with Gasteiger partial charge in [-0.3, -0.25) is 0 Å². The third-order valence-corrected chi connectivity index (χ3v) is 0. The third kappa shape index (κ3) is 180. The number of hydrogen-bond donors (Lipinski definition) is 0. The van der Waals surface area contributed by atoms with Gasteiger partial charge >= 0.3 is 21.7 Å². The van der Waals surface area contributed by atoms with Crippen molar-refractivity contribution in [3.63, 3.8) is 0 Å². The van der Waals surface area contributed by atoms with Crippen molar-refractivity contribution in [1.82, 2.24) is 0 Å². The second-order valence-corrected chi connectivity index (χ2v) is 2.25. The molecule has 0 aromatic carbocycles. The van der Waals surface area contributed by atoms with Crippen LogP contribution in [-0.2, 0) is 21.7 Å². The molecule has 0 amide bonds. The summed E-state index contributed by atoms with van der Waals surface area (Å²) in [4.78, 5) is 0. The summed E-state index contributed by atoms with van der Waals surface area (Å²) in [5.41, 5.74) is 6.69. The van der Waals surface area contributed by atoms with Crippen LogP contribution in [0.5, 0.6) is 0 Å². The number of halogens is 2. The summed E-state index contributed by atoms with van der Waals surface area (Å²) in [7, 11) is 0. The summed E-state index contributed by atoms with van der Waals surface area (Å²) >= 11 is 0. The van der Waals surface area contributed by atoms with E-state index < -0.39 is 0 Å². The van der Waals surface area contributed by atoms with Crippen LogP contribution >= 0.6 is 0 Å². The van der Waals surface area contributed by atoms with E-state index in [9.17, 15) is 0 Å². The maximum atomic E-state index is 6.94. The van der Waals surface area contributed by atoms with Crippen molar-refractivity contribution in [1.29, 1.82) is 0 Å². The van der Waals surface area contributed by atoms with Crippen LogP contribution in [0.25, 0.3) is 5.73 Å². The van der Waals surface area contributed by atoms with Crippen molar-refractivity contribution in [2.24, 2.45) is 0 Å². The van der Waals surface area contributed by atoms with Gasteiger partial charge in [0.25, 0.3) is 0 Å².